The highest BCUT2D eigenvalue weighted by Gasteiger charge is 2.14. The van der Waals surface area contributed by atoms with Crippen molar-refractivity contribution in [2.24, 2.45) is 0 Å². The van der Waals surface area contributed by atoms with E-state index in [1.165, 1.54) is 4.40 Å². The van der Waals surface area contributed by atoms with Crippen LogP contribution in [-0.4, -0.2) is 23.1 Å². The predicted molar refractivity (Wildman–Crippen MR) is 139 cm³/mol. The van der Waals surface area contributed by atoms with Crippen molar-refractivity contribution in [2.45, 2.75) is 26.2 Å². The fourth-order valence-corrected chi connectivity index (χ4v) is 3.88. The summed E-state index contributed by atoms with van der Waals surface area (Å²) in [5, 5.41) is 9.16. The van der Waals surface area contributed by atoms with Crippen LogP contribution in [0.25, 0.3) is 28.9 Å². The molecule has 0 radical (unpaired) electrons. The van der Waals surface area contributed by atoms with E-state index in [1.54, 1.807) is 49.7 Å². The Kier molecular flexibility index (Phi) is 7.59. The molecule has 2 aromatic heterocycles. The standard InChI is InChI=1S/C29H27N3O3/c1-3-4-7-19-35-28-23(9-8-10-25(28)34-2)16-17-24-27(22-14-12-21(20-30)13-15-22)29(33)32-18-6-5-11-26(32)31-24/h5-6,8-18H,3-4,7,19H2,1-2H3. The van der Waals surface area contributed by atoms with Crippen LogP contribution in [0.4, 0.5) is 0 Å². The lowest BCUT2D eigenvalue weighted by atomic mass is 10.0. The van der Waals surface area contributed by atoms with E-state index >= 15 is 0 Å². The average Bonchev–Trinajstić information content (AvgIpc) is 2.90. The lowest BCUT2D eigenvalue weighted by molar-refractivity contribution is 0.285. The van der Waals surface area contributed by atoms with E-state index in [4.69, 9.17) is 19.7 Å². The van der Waals surface area contributed by atoms with Gasteiger partial charge in [0.1, 0.15) is 5.65 Å². The number of ether oxygens (including phenoxy) is 2. The van der Waals surface area contributed by atoms with Crippen molar-refractivity contribution in [1.29, 1.82) is 5.26 Å². The second-order valence-corrected chi connectivity index (χ2v) is 8.06. The second-order valence-electron chi connectivity index (χ2n) is 8.06. The maximum Gasteiger partial charge on any atom is 0.266 e. The Labute approximate surface area is 204 Å². The number of benzene rings is 2. The Balaban J connectivity index is 1.81. The number of fused-ring (bicyclic) bond motifs is 1. The minimum absolute atomic E-state index is 0.179. The van der Waals surface area contributed by atoms with Gasteiger partial charge in [-0.25, -0.2) is 4.98 Å². The van der Waals surface area contributed by atoms with Crippen molar-refractivity contribution in [2.75, 3.05) is 13.7 Å². The van der Waals surface area contributed by atoms with E-state index in [0.717, 1.165) is 24.8 Å². The fraction of sp³-hybridized carbons (Fsp3) is 0.207. The third kappa shape index (κ3) is 5.25. The van der Waals surface area contributed by atoms with E-state index in [9.17, 15) is 4.79 Å². The van der Waals surface area contributed by atoms with E-state index in [1.807, 2.05) is 36.4 Å². The molecular formula is C29H27N3O3. The molecule has 4 rings (SSSR count). The van der Waals surface area contributed by atoms with Crippen LogP contribution in [0, 0.1) is 11.3 Å². The summed E-state index contributed by atoms with van der Waals surface area (Å²) < 4.78 is 13.1. The number of nitriles is 1. The number of aromatic nitrogens is 2. The van der Waals surface area contributed by atoms with Gasteiger partial charge in [-0.1, -0.05) is 50.1 Å². The molecule has 2 aromatic carbocycles. The van der Waals surface area contributed by atoms with Crippen LogP contribution >= 0.6 is 0 Å². The van der Waals surface area contributed by atoms with Crippen molar-refractivity contribution >= 4 is 17.8 Å². The summed E-state index contributed by atoms with van der Waals surface area (Å²) in [6.07, 6.45) is 8.60. The van der Waals surface area contributed by atoms with Gasteiger partial charge in [0.15, 0.2) is 11.5 Å². The molecule has 0 saturated heterocycles. The number of rotatable bonds is 9. The zero-order valence-corrected chi connectivity index (χ0v) is 19.9. The summed E-state index contributed by atoms with van der Waals surface area (Å²) in [5.74, 6) is 1.32. The third-order valence-corrected chi connectivity index (χ3v) is 5.71. The number of hydrogen-bond acceptors (Lipinski definition) is 5. The highest BCUT2D eigenvalue weighted by atomic mass is 16.5. The molecule has 0 saturated carbocycles. The summed E-state index contributed by atoms with van der Waals surface area (Å²) in [7, 11) is 1.62. The molecule has 176 valence electrons. The molecule has 2 heterocycles. The second kappa shape index (κ2) is 11.2. The van der Waals surface area contributed by atoms with E-state index in [0.29, 0.717) is 46.1 Å². The SMILES string of the molecule is CCCCCOc1c(C=Cc2nc3ccccn3c(=O)c2-c2ccc(C#N)cc2)cccc1OC. The largest absolute Gasteiger partial charge is 0.493 e. The van der Waals surface area contributed by atoms with Gasteiger partial charge in [0.25, 0.3) is 5.56 Å². The highest BCUT2D eigenvalue weighted by molar-refractivity contribution is 5.81. The lowest BCUT2D eigenvalue weighted by Gasteiger charge is -2.13. The third-order valence-electron chi connectivity index (χ3n) is 5.71. The summed E-state index contributed by atoms with van der Waals surface area (Å²) >= 11 is 0. The highest BCUT2D eigenvalue weighted by Crippen LogP contribution is 2.33. The molecule has 0 aliphatic carbocycles. The first-order chi connectivity index (χ1) is 17.2. The smallest absolute Gasteiger partial charge is 0.266 e. The molecule has 6 nitrogen and oxygen atoms in total. The Morgan fingerprint density at radius 2 is 1.86 bits per heavy atom. The number of hydrogen-bond donors (Lipinski definition) is 0. The Bertz CT molecular complexity index is 1450. The molecule has 0 aliphatic rings. The van der Waals surface area contributed by atoms with Gasteiger partial charge >= 0.3 is 0 Å². The van der Waals surface area contributed by atoms with E-state index in [-0.39, 0.29) is 5.56 Å². The molecule has 6 heteroatoms. The zero-order chi connectivity index (χ0) is 24.6. The topological polar surface area (TPSA) is 76.6 Å². The lowest BCUT2D eigenvalue weighted by Crippen LogP contribution is -2.18. The molecule has 0 aliphatic heterocycles. The van der Waals surface area contributed by atoms with Gasteiger partial charge in [-0.05, 0) is 54.5 Å². The molecule has 0 spiro atoms. The molecule has 0 amide bonds. The molecule has 0 atom stereocenters. The summed E-state index contributed by atoms with van der Waals surface area (Å²) in [5.41, 5.74) is 3.43. The van der Waals surface area contributed by atoms with Gasteiger partial charge < -0.3 is 9.47 Å². The van der Waals surface area contributed by atoms with Crippen LogP contribution in [-0.2, 0) is 0 Å². The Morgan fingerprint density at radius 1 is 1.03 bits per heavy atom. The van der Waals surface area contributed by atoms with Crippen molar-refractivity contribution in [3.63, 3.8) is 0 Å². The monoisotopic (exact) mass is 465 g/mol. The van der Waals surface area contributed by atoms with E-state index in [2.05, 4.69) is 13.0 Å². The number of methoxy groups -OCH3 is 1. The van der Waals surface area contributed by atoms with Crippen molar-refractivity contribution < 1.29 is 9.47 Å². The van der Waals surface area contributed by atoms with E-state index < -0.39 is 0 Å². The maximum absolute atomic E-state index is 13.5. The van der Waals surface area contributed by atoms with Gasteiger partial charge in [0.05, 0.1) is 36.6 Å². The first-order valence-corrected chi connectivity index (χ1v) is 11.7. The predicted octanol–water partition coefficient (Wildman–Crippen LogP) is 5.98. The van der Waals surface area contributed by atoms with Gasteiger partial charge in [-0.2, -0.15) is 5.26 Å². The van der Waals surface area contributed by atoms with Crippen LogP contribution in [0.2, 0.25) is 0 Å². The normalized spacial score (nSPS) is 11.0. The average molecular weight is 466 g/mol. The first-order valence-electron chi connectivity index (χ1n) is 11.7. The number of para-hydroxylation sites is 1. The van der Waals surface area contributed by atoms with Gasteiger partial charge in [-0.3, -0.25) is 9.20 Å². The molecule has 4 aromatic rings. The van der Waals surface area contributed by atoms with Gasteiger partial charge in [0, 0.05) is 11.8 Å². The zero-order valence-electron chi connectivity index (χ0n) is 19.9. The van der Waals surface area contributed by atoms with Crippen LogP contribution in [0.1, 0.15) is 43.0 Å². The fourth-order valence-electron chi connectivity index (χ4n) is 3.88. The minimum atomic E-state index is -0.179. The van der Waals surface area contributed by atoms with Crippen LogP contribution in [0.15, 0.2) is 71.7 Å². The summed E-state index contributed by atoms with van der Waals surface area (Å²) in [4.78, 5) is 18.2. The Hall–Kier alpha value is -4.37. The Morgan fingerprint density at radius 3 is 2.60 bits per heavy atom. The number of nitrogens with zero attached hydrogens (tertiary/aromatic N) is 3. The maximum atomic E-state index is 13.5. The summed E-state index contributed by atoms with van der Waals surface area (Å²) in [6.45, 7) is 2.75. The molecule has 0 N–H and O–H groups in total. The van der Waals surface area contributed by atoms with Crippen molar-refractivity contribution in [3.8, 4) is 28.7 Å². The van der Waals surface area contributed by atoms with Crippen molar-refractivity contribution in [3.05, 3.63) is 94.0 Å². The molecule has 0 fully saturated rings. The molecule has 0 unspecified atom stereocenters. The van der Waals surface area contributed by atoms with Crippen molar-refractivity contribution in [1.82, 2.24) is 9.38 Å². The first kappa shape index (κ1) is 23.8. The van der Waals surface area contributed by atoms with Crippen LogP contribution in [0.3, 0.4) is 0 Å². The molecule has 0 bridgehead atoms. The summed E-state index contributed by atoms with van der Waals surface area (Å²) in [6, 6.07) is 20.2. The van der Waals surface area contributed by atoms with Crippen LogP contribution < -0.4 is 15.0 Å². The molecular weight excluding hydrogens is 438 g/mol. The number of pyridine rings is 1. The minimum Gasteiger partial charge on any atom is -0.493 e. The van der Waals surface area contributed by atoms with Crippen LogP contribution in [0.5, 0.6) is 11.5 Å². The quantitative estimate of drug-likeness (QED) is 0.284. The van der Waals surface area contributed by atoms with Gasteiger partial charge in [0.2, 0.25) is 0 Å². The number of unbranched alkanes of at least 4 members (excludes halogenated alkanes) is 2. The molecule has 35 heavy (non-hydrogen) atoms. The van der Waals surface area contributed by atoms with Gasteiger partial charge in [-0.15, -0.1) is 0 Å².